The quantitative estimate of drug-likeness (QED) is 0.818. The summed E-state index contributed by atoms with van der Waals surface area (Å²) in [6, 6.07) is 13.3. The maximum Gasteiger partial charge on any atom is 0.218 e. The molecule has 134 valence electrons. The number of hydrogen-bond donors (Lipinski definition) is 0. The van der Waals surface area contributed by atoms with E-state index in [0.717, 1.165) is 11.4 Å². The van der Waals surface area contributed by atoms with Gasteiger partial charge in [-0.1, -0.05) is 24.3 Å². The molecule has 1 aliphatic heterocycles. The summed E-state index contributed by atoms with van der Waals surface area (Å²) in [5.41, 5.74) is 1.56. The van der Waals surface area contributed by atoms with E-state index < -0.39 is 10.0 Å². The van der Waals surface area contributed by atoms with Crippen LogP contribution in [0, 0.1) is 5.82 Å². The second-order valence-electron chi connectivity index (χ2n) is 5.94. The van der Waals surface area contributed by atoms with Gasteiger partial charge in [-0.25, -0.2) is 12.8 Å². The minimum absolute atomic E-state index is 0.109. The Kier molecular flexibility index (Phi) is 5.24. The number of methoxy groups -OCH3 is 1. The first-order valence-electron chi connectivity index (χ1n) is 8.10. The molecule has 0 spiro atoms. The van der Waals surface area contributed by atoms with Crippen LogP contribution in [0.25, 0.3) is 0 Å². The molecular weight excluding hydrogens is 343 g/mol. The summed E-state index contributed by atoms with van der Waals surface area (Å²) in [6.45, 7) is 2.04. The fourth-order valence-electron chi connectivity index (χ4n) is 2.98. The summed E-state index contributed by atoms with van der Waals surface area (Å²) in [5.74, 6) is 0.304. The number of benzene rings is 2. The van der Waals surface area contributed by atoms with Crippen molar-refractivity contribution >= 4 is 15.7 Å². The van der Waals surface area contributed by atoms with Crippen LogP contribution in [0.15, 0.2) is 48.5 Å². The maximum absolute atomic E-state index is 13.0. The summed E-state index contributed by atoms with van der Waals surface area (Å²) in [4.78, 5) is 2.13. The second kappa shape index (κ2) is 7.41. The van der Waals surface area contributed by atoms with Crippen LogP contribution < -0.4 is 9.64 Å². The third-order valence-corrected chi connectivity index (χ3v) is 6.17. The van der Waals surface area contributed by atoms with Crippen LogP contribution in [0.5, 0.6) is 5.75 Å². The number of anilines is 1. The monoisotopic (exact) mass is 364 g/mol. The predicted molar refractivity (Wildman–Crippen MR) is 95.8 cm³/mol. The standard InChI is InChI=1S/C18H21FN2O3S/c1-24-18-5-3-2-4-17(18)20-10-12-21(13-11-20)25(22,23)14-15-6-8-16(19)9-7-15/h2-9H,10-14H2,1H3. The highest BCUT2D eigenvalue weighted by Crippen LogP contribution is 2.28. The fourth-order valence-corrected chi connectivity index (χ4v) is 4.50. The third kappa shape index (κ3) is 4.11. The lowest BCUT2D eigenvalue weighted by Gasteiger charge is -2.36. The zero-order chi connectivity index (χ0) is 17.9. The average Bonchev–Trinajstić information content (AvgIpc) is 2.63. The molecule has 0 amide bonds. The first kappa shape index (κ1) is 17.7. The van der Waals surface area contributed by atoms with E-state index in [1.807, 2.05) is 24.3 Å². The van der Waals surface area contributed by atoms with Crippen LogP contribution in [0.4, 0.5) is 10.1 Å². The van der Waals surface area contributed by atoms with Crippen LogP contribution in [-0.2, 0) is 15.8 Å². The van der Waals surface area contributed by atoms with Crippen molar-refractivity contribution in [2.75, 3.05) is 38.2 Å². The zero-order valence-electron chi connectivity index (χ0n) is 14.1. The summed E-state index contributed by atoms with van der Waals surface area (Å²) in [7, 11) is -1.79. The van der Waals surface area contributed by atoms with E-state index in [4.69, 9.17) is 4.74 Å². The van der Waals surface area contributed by atoms with Gasteiger partial charge in [0.05, 0.1) is 18.6 Å². The number of halogens is 1. The summed E-state index contributed by atoms with van der Waals surface area (Å²) >= 11 is 0. The Morgan fingerprint density at radius 1 is 1.00 bits per heavy atom. The Balaban J connectivity index is 1.66. The molecule has 1 fully saturated rings. The van der Waals surface area contributed by atoms with Gasteiger partial charge in [-0.15, -0.1) is 0 Å². The van der Waals surface area contributed by atoms with Crippen LogP contribution in [0.1, 0.15) is 5.56 Å². The zero-order valence-corrected chi connectivity index (χ0v) is 14.9. The number of para-hydroxylation sites is 2. The van der Waals surface area contributed by atoms with Crippen molar-refractivity contribution < 1.29 is 17.5 Å². The molecule has 5 nitrogen and oxygen atoms in total. The van der Waals surface area contributed by atoms with E-state index in [9.17, 15) is 12.8 Å². The van der Waals surface area contributed by atoms with Gasteiger partial charge in [0.2, 0.25) is 10.0 Å². The Labute approximate surface area is 147 Å². The van der Waals surface area contributed by atoms with Crippen LogP contribution in [0.2, 0.25) is 0 Å². The van der Waals surface area contributed by atoms with Gasteiger partial charge in [-0.3, -0.25) is 0 Å². The van der Waals surface area contributed by atoms with E-state index in [-0.39, 0.29) is 11.6 Å². The predicted octanol–water partition coefficient (Wildman–Crippen LogP) is 2.49. The molecule has 0 N–H and O–H groups in total. The Morgan fingerprint density at radius 3 is 2.28 bits per heavy atom. The highest BCUT2D eigenvalue weighted by atomic mass is 32.2. The molecule has 0 saturated carbocycles. The van der Waals surface area contributed by atoms with E-state index in [1.165, 1.54) is 28.6 Å². The molecule has 1 aliphatic rings. The lowest BCUT2D eigenvalue weighted by Crippen LogP contribution is -2.49. The smallest absolute Gasteiger partial charge is 0.218 e. The summed E-state index contributed by atoms with van der Waals surface area (Å²) in [6.07, 6.45) is 0. The van der Waals surface area contributed by atoms with Crippen molar-refractivity contribution in [3.8, 4) is 5.75 Å². The molecule has 0 atom stereocenters. The molecule has 25 heavy (non-hydrogen) atoms. The molecule has 0 aliphatic carbocycles. The molecule has 0 radical (unpaired) electrons. The average molecular weight is 364 g/mol. The molecule has 1 saturated heterocycles. The second-order valence-corrected chi connectivity index (χ2v) is 7.91. The van der Waals surface area contributed by atoms with Gasteiger partial charge in [0.1, 0.15) is 11.6 Å². The number of sulfonamides is 1. The molecular formula is C18H21FN2O3S. The number of piperazine rings is 1. The third-order valence-electron chi connectivity index (χ3n) is 4.32. The lowest BCUT2D eigenvalue weighted by molar-refractivity contribution is 0.378. The number of hydrogen-bond acceptors (Lipinski definition) is 4. The van der Waals surface area contributed by atoms with E-state index in [2.05, 4.69) is 4.90 Å². The van der Waals surface area contributed by atoms with Gasteiger partial charge < -0.3 is 9.64 Å². The van der Waals surface area contributed by atoms with Crippen molar-refractivity contribution in [2.45, 2.75) is 5.75 Å². The molecule has 7 heteroatoms. The molecule has 3 rings (SSSR count). The fraction of sp³-hybridized carbons (Fsp3) is 0.333. The van der Waals surface area contributed by atoms with E-state index in [1.54, 1.807) is 7.11 Å². The largest absolute Gasteiger partial charge is 0.495 e. The Hall–Kier alpha value is -2.12. The van der Waals surface area contributed by atoms with Crippen molar-refractivity contribution in [3.05, 3.63) is 59.9 Å². The van der Waals surface area contributed by atoms with Gasteiger partial charge >= 0.3 is 0 Å². The highest BCUT2D eigenvalue weighted by Gasteiger charge is 2.28. The van der Waals surface area contributed by atoms with E-state index >= 15 is 0 Å². The van der Waals surface area contributed by atoms with Gasteiger partial charge in [0.15, 0.2) is 0 Å². The van der Waals surface area contributed by atoms with Gasteiger partial charge in [-0.2, -0.15) is 4.31 Å². The number of rotatable bonds is 5. The first-order valence-corrected chi connectivity index (χ1v) is 9.71. The number of ether oxygens (including phenoxy) is 1. The summed E-state index contributed by atoms with van der Waals surface area (Å²) in [5, 5.41) is 0. The Morgan fingerprint density at radius 2 is 1.64 bits per heavy atom. The lowest BCUT2D eigenvalue weighted by atomic mass is 10.2. The SMILES string of the molecule is COc1ccccc1N1CCN(S(=O)(=O)Cc2ccc(F)cc2)CC1. The normalized spacial score (nSPS) is 16.0. The molecule has 2 aromatic carbocycles. The van der Waals surface area contributed by atoms with Crippen molar-refractivity contribution in [1.82, 2.24) is 4.31 Å². The maximum atomic E-state index is 13.0. The minimum Gasteiger partial charge on any atom is -0.495 e. The van der Waals surface area contributed by atoms with Crippen LogP contribution >= 0.6 is 0 Å². The minimum atomic E-state index is -3.42. The molecule has 0 unspecified atom stereocenters. The van der Waals surface area contributed by atoms with Crippen molar-refractivity contribution in [1.29, 1.82) is 0 Å². The molecule has 2 aromatic rings. The van der Waals surface area contributed by atoms with Gasteiger partial charge in [-0.05, 0) is 29.8 Å². The molecule has 0 aromatic heterocycles. The number of nitrogens with zero attached hydrogens (tertiary/aromatic N) is 2. The van der Waals surface area contributed by atoms with Crippen molar-refractivity contribution in [2.24, 2.45) is 0 Å². The van der Waals surface area contributed by atoms with Gasteiger partial charge in [0.25, 0.3) is 0 Å². The first-order chi connectivity index (χ1) is 12.0. The van der Waals surface area contributed by atoms with E-state index in [0.29, 0.717) is 31.7 Å². The molecule has 0 bridgehead atoms. The molecule has 1 heterocycles. The van der Waals surface area contributed by atoms with Crippen LogP contribution in [0.3, 0.4) is 0 Å². The Bertz CT molecular complexity index is 816. The van der Waals surface area contributed by atoms with Gasteiger partial charge in [0, 0.05) is 26.2 Å². The highest BCUT2D eigenvalue weighted by molar-refractivity contribution is 7.88. The topological polar surface area (TPSA) is 49.9 Å². The summed E-state index contributed by atoms with van der Waals surface area (Å²) < 4.78 is 45.0. The van der Waals surface area contributed by atoms with Crippen LogP contribution in [-0.4, -0.2) is 46.0 Å². The van der Waals surface area contributed by atoms with Crippen molar-refractivity contribution in [3.63, 3.8) is 0 Å².